The summed E-state index contributed by atoms with van der Waals surface area (Å²) in [4.78, 5) is 31.7. The molecule has 0 radical (unpaired) electrons. The number of hydrogen-bond donors (Lipinski definition) is 2. The lowest BCUT2D eigenvalue weighted by atomic mass is 9.49. The van der Waals surface area contributed by atoms with Crippen LogP contribution in [0.4, 0.5) is 5.82 Å². The minimum absolute atomic E-state index is 0.121. The molecule has 6 nitrogen and oxygen atoms in total. The maximum absolute atomic E-state index is 13.4. The monoisotopic (exact) mass is 481 g/mol. The Morgan fingerprint density at radius 3 is 2.47 bits per heavy atom. The molecule has 2 aromatic rings. The Bertz CT molecular complexity index is 1110. The quantitative estimate of drug-likeness (QED) is 0.618. The Morgan fingerprint density at radius 1 is 1.09 bits per heavy atom. The van der Waals surface area contributed by atoms with Crippen LogP contribution in [0.5, 0.6) is 0 Å². The molecule has 34 heavy (non-hydrogen) atoms. The van der Waals surface area contributed by atoms with Crippen molar-refractivity contribution < 1.29 is 14.7 Å². The Kier molecular flexibility index (Phi) is 5.47. The SMILES string of the molecule is O=C(NCC12CC3CC(CC(C3)C1)C2)c1c(Cl)ccc2nc(N3CCC[C@@H](C(=O)O)C3)ccc12. The molecule has 1 aromatic carbocycles. The third-order valence-corrected chi connectivity index (χ3v) is 9.23. The maximum atomic E-state index is 13.4. The van der Waals surface area contributed by atoms with Gasteiger partial charge in [0.15, 0.2) is 0 Å². The van der Waals surface area contributed by atoms with Crippen molar-refractivity contribution in [1.29, 1.82) is 0 Å². The molecular weight excluding hydrogens is 450 g/mol. The van der Waals surface area contributed by atoms with Gasteiger partial charge in [0.05, 0.1) is 22.0 Å². The molecule has 0 unspecified atom stereocenters. The van der Waals surface area contributed by atoms with E-state index in [1.165, 1.54) is 38.5 Å². The van der Waals surface area contributed by atoms with Crippen molar-refractivity contribution in [2.24, 2.45) is 29.1 Å². The lowest BCUT2D eigenvalue weighted by Gasteiger charge is -2.56. The molecule has 0 spiro atoms. The van der Waals surface area contributed by atoms with Gasteiger partial charge in [-0.2, -0.15) is 0 Å². The van der Waals surface area contributed by atoms with E-state index in [0.29, 0.717) is 29.1 Å². The summed E-state index contributed by atoms with van der Waals surface area (Å²) in [6.07, 6.45) is 9.45. The summed E-state index contributed by atoms with van der Waals surface area (Å²) in [6.45, 7) is 1.98. The van der Waals surface area contributed by atoms with Crippen LogP contribution in [-0.4, -0.2) is 41.6 Å². The van der Waals surface area contributed by atoms with Crippen LogP contribution >= 0.6 is 11.6 Å². The van der Waals surface area contributed by atoms with E-state index >= 15 is 0 Å². The molecule has 1 saturated heterocycles. The van der Waals surface area contributed by atoms with Crippen molar-refractivity contribution in [2.45, 2.75) is 51.4 Å². The van der Waals surface area contributed by atoms with Gasteiger partial charge in [0.25, 0.3) is 5.91 Å². The molecule has 2 N–H and O–H groups in total. The predicted octanol–water partition coefficient (Wildman–Crippen LogP) is 5.14. The number of piperidine rings is 1. The number of aliphatic carboxylic acids is 1. The minimum atomic E-state index is -0.754. The van der Waals surface area contributed by atoms with E-state index in [0.717, 1.165) is 48.5 Å². The fourth-order valence-corrected chi connectivity index (χ4v) is 8.07. The number of benzene rings is 1. The molecule has 1 amide bonds. The Hall–Kier alpha value is -2.34. The van der Waals surface area contributed by atoms with Gasteiger partial charge in [-0.15, -0.1) is 0 Å². The fourth-order valence-electron chi connectivity index (χ4n) is 7.82. The van der Waals surface area contributed by atoms with Crippen molar-refractivity contribution in [2.75, 3.05) is 24.5 Å². The van der Waals surface area contributed by atoms with Gasteiger partial charge in [-0.3, -0.25) is 9.59 Å². The molecule has 4 saturated carbocycles. The first kappa shape index (κ1) is 22.1. The Morgan fingerprint density at radius 2 is 1.79 bits per heavy atom. The number of fused-ring (bicyclic) bond motifs is 1. The van der Waals surface area contributed by atoms with E-state index in [-0.39, 0.29) is 17.2 Å². The van der Waals surface area contributed by atoms with Crippen LogP contribution in [0, 0.1) is 29.1 Å². The summed E-state index contributed by atoms with van der Waals surface area (Å²) >= 11 is 6.53. The van der Waals surface area contributed by atoms with Crippen LogP contribution in [0.1, 0.15) is 61.7 Å². The molecule has 4 aliphatic carbocycles. The van der Waals surface area contributed by atoms with Crippen molar-refractivity contribution in [1.82, 2.24) is 10.3 Å². The number of carbonyl (C=O) groups is 2. The molecule has 180 valence electrons. The van der Waals surface area contributed by atoms with Crippen LogP contribution in [-0.2, 0) is 4.79 Å². The van der Waals surface area contributed by atoms with E-state index in [1.54, 1.807) is 6.07 Å². The topological polar surface area (TPSA) is 82.5 Å². The number of hydrogen-bond acceptors (Lipinski definition) is 4. The number of anilines is 1. The zero-order valence-corrected chi connectivity index (χ0v) is 20.2. The van der Waals surface area contributed by atoms with Crippen molar-refractivity contribution in [3.05, 3.63) is 34.9 Å². The van der Waals surface area contributed by atoms with Gasteiger partial charge >= 0.3 is 5.97 Å². The number of carbonyl (C=O) groups excluding carboxylic acids is 1. The predicted molar refractivity (Wildman–Crippen MR) is 132 cm³/mol. The van der Waals surface area contributed by atoms with E-state index in [1.807, 2.05) is 23.1 Å². The number of pyridine rings is 1. The van der Waals surface area contributed by atoms with Gasteiger partial charge in [-0.1, -0.05) is 11.6 Å². The average molecular weight is 482 g/mol. The number of amides is 1. The van der Waals surface area contributed by atoms with E-state index in [9.17, 15) is 14.7 Å². The third-order valence-electron chi connectivity index (χ3n) is 8.92. The van der Waals surface area contributed by atoms with Crippen LogP contribution < -0.4 is 10.2 Å². The normalized spacial score (nSPS) is 32.2. The second kappa shape index (κ2) is 8.40. The zero-order valence-electron chi connectivity index (χ0n) is 19.4. The maximum Gasteiger partial charge on any atom is 0.308 e. The number of halogens is 1. The zero-order chi connectivity index (χ0) is 23.4. The summed E-state index contributed by atoms with van der Waals surface area (Å²) in [5, 5.41) is 13.9. The van der Waals surface area contributed by atoms with E-state index < -0.39 is 5.97 Å². The van der Waals surface area contributed by atoms with Crippen LogP contribution in [0.25, 0.3) is 10.9 Å². The van der Waals surface area contributed by atoms with Crippen molar-refractivity contribution >= 4 is 40.2 Å². The van der Waals surface area contributed by atoms with Crippen LogP contribution in [0.3, 0.4) is 0 Å². The number of nitrogens with zero attached hydrogens (tertiary/aromatic N) is 2. The van der Waals surface area contributed by atoms with Gasteiger partial charge in [0.2, 0.25) is 0 Å². The number of aromatic nitrogens is 1. The molecule has 2 heterocycles. The van der Waals surface area contributed by atoms with Crippen molar-refractivity contribution in [3.63, 3.8) is 0 Å². The summed E-state index contributed by atoms with van der Waals surface area (Å²) < 4.78 is 0. The molecule has 1 aromatic heterocycles. The summed E-state index contributed by atoms with van der Waals surface area (Å²) in [5.41, 5.74) is 1.46. The summed E-state index contributed by atoms with van der Waals surface area (Å²) in [5.74, 6) is 2.05. The smallest absolute Gasteiger partial charge is 0.308 e. The van der Waals surface area contributed by atoms with E-state index in [2.05, 4.69) is 5.32 Å². The highest BCUT2D eigenvalue weighted by Crippen LogP contribution is 2.59. The minimum Gasteiger partial charge on any atom is -0.481 e. The van der Waals surface area contributed by atoms with Gasteiger partial charge < -0.3 is 15.3 Å². The summed E-state index contributed by atoms with van der Waals surface area (Å²) in [6, 6.07) is 7.39. The Balaban J connectivity index is 1.22. The lowest BCUT2D eigenvalue weighted by molar-refractivity contribution is -0.141. The average Bonchev–Trinajstić information content (AvgIpc) is 2.81. The number of rotatable bonds is 5. The highest BCUT2D eigenvalue weighted by Gasteiger charge is 2.50. The standard InChI is InChI=1S/C27H32ClN3O3/c28-21-4-5-22-20(3-6-23(30-22)31-7-1-2-19(14-31)26(33)34)24(21)25(32)29-15-27-11-16-8-17(12-27)10-18(9-16)13-27/h3-6,16-19H,1-2,7-15H2,(H,29,32)(H,33,34)/t16?,17?,18?,19-,27?/m1/s1. The van der Waals surface area contributed by atoms with Gasteiger partial charge in [-0.25, -0.2) is 4.98 Å². The van der Waals surface area contributed by atoms with Gasteiger partial charge in [0.1, 0.15) is 5.82 Å². The molecule has 1 aliphatic heterocycles. The molecule has 4 bridgehead atoms. The van der Waals surface area contributed by atoms with Crippen molar-refractivity contribution in [3.8, 4) is 0 Å². The van der Waals surface area contributed by atoms with Crippen LogP contribution in [0.15, 0.2) is 24.3 Å². The summed E-state index contributed by atoms with van der Waals surface area (Å²) in [7, 11) is 0. The number of nitrogens with one attached hydrogen (secondary N) is 1. The second-order valence-corrected chi connectivity index (χ2v) is 11.8. The van der Waals surface area contributed by atoms with E-state index in [4.69, 9.17) is 16.6 Å². The third kappa shape index (κ3) is 3.94. The van der Waals surface area contributed by atoms with Gasteiger partial charge in [0, 0.05) is 25.0 Å². The Labute approximate surface area is 205 Å². The first-order valence-corrected chi connectivity index (χ1v) is 13.1. The molecule has 7 heteroatoms. The molecule has 1 atom stereocenters. The number of carboxylic acids is 1. The fraction of sp³-hybridized carbons (Fsp3) is 0.593. The largest absolute Gasteiger partial charge is 0.481 e. The van der Waals surface area contributed by atoms with Crippen LogP contribution in [0.2, 0.25) is 5.02 Å². The second-order valence-electron chi connectivity index (χ2n) is 11.4. The molecular formula is C27H32ClN3O3. The first-order chi connectivity index (χ1) is 16.4. The molecule has 5 aliphatic rings. The number of carboxylic acid groups (broad SMARTS) is 1. The molecule has 5 fully saturated rings. The first-order valence-electron chi connectivity index (χ1n) is 12.7. The van der Waals surface area contributed by atoms with Gasteiger partial charge in [-0.05, 0) is 98.8 Å². The highest BCUT2D eigenvalue weighted by molar-refractivity contribution is 6.35. The highest BCUT2D eigenvalue weighted by atomic mass is 35.5. The lowest BCUT2D eigenvalue weighted by Crippen LogP contribution is -2.51. The molecule has 7 rings (SSSR count).